The molecule has 8 rings (SSSR count). The Morgan fingerprint density at radius 2 is 1.59 bits per heavy atom. The van der Waals surface area contributed by atoms with Crippen LogP contribution in [0.15, 0.2) is 91.1 Å². The van der Waals surface area contributed by atoms with Crippen LogP contribution in [0.5, 0.6) is 0 Å². The maximum Gasteiger partial charge on any atom is 0.0716 e. The van der Waals surface area contributed by atoms with Gasteiger partial charge in [-0.25, -0.2) is 0 Å². The second-order valence-corrected chi connectivity index (χ2v) is 12.6. The van der Waals surface area contributed by atoms with Gasteiger partial charge >= 0.3 is 0 Å². The minimum absolute atomic E-state index is 0.0532. The lowest BCUT2D eigenvalue weighted by Gasteiger charge is -2.35. The third kappa shape index (κ3) is 3.28. The highest BCUT2D eigenvalue weighted by Crippen LogP contribution is 2.50. The van der Waals surface area contributed by atoms with Gasteiger partial charge < -0.3 is 0 Å². The Kier molecular flexibility index (Phi) is 4.85. The van der Waals surface area contributed by atoms with E-state index in [9.17, 15) is 0 Å². The SMILES string of the molecule is Cc1ccc2c(c1)C(C)(C)c1cccc3c(-c4ccc(-c5cccc6c7c(sc56)C=CCC7)nc4)ccc-2c13. The summed E-state index contributed by atoms with van der Waals surface area (Å²) in [6.07, 6.45) is 8.92. The predicted molar refractivity (Wildman–Crippen MR) is 168 cm³/mol. The second-order valence-electron chi connectivity index (χ2n) is 11.6. The van der Waals surface area contributed by atoms with E-state index < -0.39 is 0 Å². The van der Waals surface area contributed by atoms with Crippen LogP contribution in [0.3, 0.4) is 0 Å². The van der Waals surface area contributed by atoms with Gasteiger partial charge in [0.1, 0.15) is 0 Å². The molecule has 0 fully saturated rings. The summed E-state index contributed by atoms with van der Waals surface area (Å²) in [6.45, 7) is 6.92. The number of thiophene rings is 1. The van der Waals surface area contributed by atoms with Crippen LogP contribution in [0.2, 0.25) is 0 Å². The number of allylic oxidation sites excluding steroid dienone is 1. The number of fused-ring (bicyclic) bond motifs is 5. The Morgan fingerprint density at radius 1 is 0.769 bits per heavy atom. The van der Waals surface area contributed by atoms with Gasteiger partial charge in [0.05, 0.1) is 5.69 Å². The largest absolute Gasteiger partial charge is 0.256 e. The van der Waals surface area contributed by atoms with Crippen molar-refractivity contribution in [3.8, 4) is 33.5 Å². The molecule has 39 heavy (non-hydrogen) atoms. The van der Waals surface area contributed by atoms with E-state index in [1.165, 1.54) is 70.2 Å². The summed E-state index contributed by atoms with van der Waals surface area (Å²) in [5.41, 5.74) is 13.0. The third-order valence-corrected chi connectivity index (χ3v) is 10.1. The normalized spacial score (nSPS) is 14.9. The Labute approximate surface area is 233 Å². The first-order valence-electron chi connectivity index (χ1n) is 13.9. The van der Waals surface area contributed by atoms with Gasteiger partial charge in [0, 0.05) is 32.3 Å². The summed E-state index contributed by atoms with van der Waals surface area (Å²) in [7, 11) is 0. The summed E-state index contributed by atoms with van der Waals surface area (Å²) >= 11 is 1.90. The summed E-state index contributed by atoms with van der Waals surface area (Å²) in [4.78, 5) is 6.44. The van der Waals surface area contributed by atoms with Crippen LogP contribution >= 0.6 is 11.3 Å². The molecule has 0 bridgehead atoms. The highest BCUT2D eigenvalue weighted by molar-refractivity contribution is 7.20. The van der Waals surface area contributed by atoms with Crippen LogP contribution in [0, 0.1) is 6.92 Å². The Morgan fingerprint density at radius 3 is 2.46 bits per heavy atom. The number of benzene rings is 4. The molecule has 0 unspecified atom stereocenters. The van der Waals surface area contributed by atoms with Crippen molar-refractivity contribution in [3.05, 3.63) is 118 Å². The Balaban J connectivity index is 1.27. The van der Waals surface area contributed by atoms with Crippen LogP contribution in [-0.2, 0) is 11.8 Å². The summed E-state index contributed by atoms with van der Waals surface area (Å²) in [5.74, 6) is 0. The van der Waals surface area contributed by atoms with Crippen LogP contribution in [0.25, 0.3) is 60.4 Å². The molecule has 6 aromatic rings. The molecule has 0 amide bonds. The van der Waals surface area contributed by atoms with E-state index in [2.05, 4.69) is 118 Å². The highest BCUT2D eigenvalue weighted by atomic mass is 32.1. The molecule has 2 aliphatic carbocycles. The fourth-order valence-electron chi connectivity index (χ4n) is 6.87. The average Bonchev–Trinajstić information content (AvgIpc) is 3.35. The van der Waals surface area contributed by atoms with Crippen LogP contribution in [0.4, 0.5) is 0 Å². The molecule has 188 valence electrons. The highest BCUT2D eigenvalue weighted by Gasteiger charge is 2.33. The quantitative estimate of drug-likeness (QED) is 0.222. The molecule has 1 nitrogen and oxygen atoms in total. The molecule has 0 N–H and O–H groups in total. The second kappa shape index (κ2) is 8.24. The van der Waals surface area contributed by atoms with Crippen LogP contribution in [-0.4, -0.2) is 4.98 Å². The van der Waals surface area contributed by atoms with E-state index in [-0.39, 0.29) is 5.41 Å². The molecule has 0 aliphatic heterocycles. The Hall–Kier alpha value is -4.01. The molecule has 0 atom stereocenters. The maximum atomic E-state index is 5.03. The van der Waals surface area contributed by atoms with Crippen LogP contribution < -0.4 is 0 Å². The minimum atomic E-state index is -0.0532. The van der Waals surface area contributed by atoms with Crippen molar-refractivity contribution >= 4 is 38.3 Å². The fourth-order valence-corrected chi connectivity index (χ4v) is 8.18. The molecule has 2 aromatic heterocycles. The lowest BCUT2D eigenvalue weighted by molar-refractivity contribution is 0.644. The molecule has 4 aromatic carbocycles. The molecule has 0 radical (unpaired) electrons. The van der Waals surface area contributed by atoms with Crippen LogP contribution in [0.1, 0.15) is 47.4 Å². The van der Waals surface area contributed by atoms with E-state index >= 15 is 0 Å². The molecule has 0 saturated heterocycles. The molecule has 2 heteroatoms. The molecule has 0 spiro atoms. The van der Waals surface area contributed by atoms with E-state index in [1.807, 2.05) is 11.3 Å². The summed E-state index contributed by atoms with van der Waals surface area (Å²) in [6, 6.07) is 29.5. The zero-order chi connectivity index (χ0) is 26.3. The van der Waals surface area contributed by atoms with Crippen molar-refractivity contribution in [1.82, 2.24) is 4.98 Å². The van der Waals surface area contributed by atoms with Gasteiger partial charge in [-0.05, 0) is 81.4 Å². The number of aromatic nitrogens is 1. The molecule has 0 saturated carbocycles. The van der Waals surface area contributed by atoms with Gasteiger partial charge in [-0.2, -0.15) is 0 Å². The van der Waals surface area contributed by atoms with Crippen molar-refractivity contribution in [2.24, 2.45) is 0 Å². The minimum Gasteiger partial charge on any atom is -0.256 e. The van der Waals surface area contributed by atoms with Crippen molar-refractivity contribution < 1.29 is 0 Å². The van der Waals surface area contributed by atoms with E-state index in [4.69, 9.17) is 4.98 Å². The topological polar surface area (TPSA) is 12.9 Å². The molecular weight excluding hydrogens is 490 g/mol. The third-order valence-electron chi connectivity index (χ3n) is 8.88. The first kappa shape index (κ1) is 22.9. The lowest BCUT2D eigenvalue weighted by atomic mass is 9.68. The monoisotopic (exact) mass is 519 g/mol. The number of hydrogen-bond donors (Lipinski definition) is 0. The van der Waals surface area contributed by atoms with E-state index in [0.717, 1.165) is 24.1 Å². The fraction of sp³-hybridized carbons (Fsp3) is 0.162. The smallest absolute Gasteiger partial charge is 0.0716 e. The zero-order valence-corrected chi connectivity index (χ0v) is 23.3. The van der Waals surface area contributed by atoms with Crippen molar-refractivity contribution in [1.29, 1.82) is 0 Å². The molecule has 2 heterocycles. The molecule has 2 aliphatic rings. The number of aryl methyl sites for hydroxylation is 2. The number of hydrogen-bond acceptors (Lipinski definition) is 2. The van der Waals surface area contributed by atoms with Crippen molar-refractivity contribution in [2.75, 3.05) is 0 Å². The van der Waals surface area contributed by atoms with Crippen molar-refractivity contribution in [2.45, 2.75) is 39.0 Å². The predicted octanol–water partition coefficient (Wildman–Crippen LogP) is 10.4. The Bertz CT molecular complexity index is 1990. The summed E-state index contributed by atoms with van der Waals surface area (Å²) in [5, 5.41) is 4.07. The van der Waals surface area contributed by atoms with Gasteiger partial charge in [0.2, 0.25) is 0 Å². The van der Waals surface area contributed by atoms with Gasteiger partial charge in [-0.3, -0.25) is 4.98 Å². The average molecular weight is 520 g/mol. The van der Waals surface area contributed by atoms with E-state index in [1.54, 1.807) is 0 Å². The number of pyridine rings is 1. The standard InChI is InChI=1S/C37H29NS/c1-22-14-16-25-28-18-17-24(27-9-7-12-31(35(27)28)37(2,3)32(25)20-22)23-15-19-33(38-21-23)30-11-6-10-29-26-8-4-5-13-34(26)39-36(29)30/h5-7,9-21H,4,8H2,1-3H3. The summed E-state index contributed by atoms with van der Waals surface area (Å²) < 4.78 is 1.35. The first-order chi connectivity index (χ1) is 19.0. The van der Waals surface area contributed by atoms with Gasteiger partial charge in [-0.15, -0.1) is 11.3 Å². The maximum absolute atomic E-state index is 5.03. The van der Waals surface area contributed by atoms with Crippen molar-refractivity contribution in [3.63, 3.8) is 0 Å². The van der Waals surface area contributed by atoms with E-state index in [0.29, 0.717) is 0 Å². The van der Waals surface area contributed by atoms with Gasteiger partial charge in [-0.1, -0.05) is 98.3 Å². The zero-order valence-electron chi connectivity index (χ0n) is 22.5. The number of rotatable bonds is 2. The number of nitrogens with zero attached hydrogens (tertiary/aromatic N) is 1. The van der Waals surface area contributed by atoms with Gasteiger partial charge in [0.25, 0.3) is 0 Å². The molecular formula is C37H29NS. The lowest BCUT2D eigenvalue weighted by Crippen LogP contribution is -2.23. The first-order valence-corrected chi connectivity index (χ1v) is 14.7. The van der Waals surface area contributed by atoms with Gasteiger partial charge in [0.15, 0.2) is 0 Å².